The van der Waals surface area contributed by atoms with E-state index in [1.807, 2.05) is 13.1 Å². The van der Waals surface area contributed by atoms with Crippen molar-refractivity contribution >= 4 is 5.82 Å². The molecule has 0 amide bonds. The number of hydrogen-bond donors (Lipinski definition) is 0. The molecule has 128 valence electrons. The van der Waals surface area contributed by atoms with Gasteiger partial charge >= 0.3 is 0 Å². The van der Waals surface area contributed by atoms with Crippen LogP contribution in [0, 0.1) is 13.8 Å². The minimum Gasteiger partial charge on any atom is -0.496 e. The summed E-state index contributed by atoms with van der Waals surface area (Å²) >= 11 is 0. The van der Waals surface area contributed by atoms with E-state index in [1.54, 1.807) is 13.4 Å². The van der Waals surface area contributed by atoms with Gasteiger partial charge in [-0.15, -0.1) is 0 Å². The van der Waals surface area contributed by atoms with Gasteiger partial charge in [-0.1, -0.05) is 0 Å². The van der Waals surface area contributed by atoms with E-state index in [-0.39, 0.29) is 0 Å². The van der Waals surface area contributed by atoms with E-state index in [1.165, 1.54) is 5.56 Å². The molecule has 0 bridgehead atoms. The first-order valence-corrected chi connectivity index (χ1v) is 8.22. The molecule has 0 saturated heterocycles. The van der Waals surface area contributed by atoms with Crippen molar-refractivity contribution in [2.45, 2.75) is 33.4 Å². The highest BCUT2D eigenvalue weighted by atomic mass is 16.5. The molecule has 0 N–H and O–H groups in total. The highest BCUT2D eigenvalue weighted by Gasteiger charge is 2.21. The van der Waals surface area contributed by atoms with Gasteiger partial charge in [0.25, 0.3) is 0 Å². The fourth-order valence-corrected chi connectivity index (χ4v) is 3.32. The number of nitrogens with zero attached hydrogens (tertiary/aromatic N) is 5. The van der Waals surface area contributed by atoms with Crippen LogP contribution in [0.5, 0.6) is 5.75 Å². The average Bonchev–Trinajstić information content (AvgIpc) is 2.57. The quantitative estimate of drug-likeness (QED) is 0.857. The van der Waals surface area contributed by atoms with Crippen molar-refractivity contribution in [1.82, 2.24) is 19.9 Å². The zero-order valence-corrected chi connectivity index (χ0v) is 15.1. The lowest BCUT2D eigenvalue weighted by Crippen LogP contribution is -2.30. The molecule has 24 heavy (non-hydrogen) atoms. The first-order valence-electron chi connectivity index (χ1n) is 8.22. The lowest BCUT2D eigenvalue weighted by atomic mass is 10.1. The van der Waals surface area contributed by atoms with Gasteiger partial charge in [0.1, 0.15) is 17.9 Å². The predicted octanol–water partition coefficient (Wildman–Crippen LogP) is 2.12. The fraction of sp³-hybridized carbons (Fsp3) is 0.500. The van der Waals surface area contributed by atoms with Crippen LogP contribution in [0.25, 0.3) is 0 Å². The summed E-state index contributed by atoms with van der Waals surface area (Å²) in [5.41, 5.74) is 5.55. The molecule has 0 unspecified atom stereocenters. The second-order valence-corrected chi connectivity index (χ2v) is 6.51. The largest absolute Gasteiger partial charge is 0.496 e. The lowest BCUT2D eigenvalue weighted by molar-refractivity contribution is 0.309. The van der Waals surface area contributed by atoms with Crippen molar-refractivity contribution in [1.29, 1.82) is 0 Å². The van der Waals surface area contributed by atoms with Crippen molar-refractivity contribution in [3.63, 3.8) is 0 Å². The van der Waals surface area contributed by atoms with Gasteiger partial charge in [-0.05, 0) is 20.9 Å². The predicted molar refractivity (Wildman–Crippen MR) is 94.4 cm³/mol. The Morgan fingerprint density at radius 3 is 2.79 bits per heavy atom. The minimum atomic E-state index is 0.690. The summed E-state index contributed by atoms with van der Waals surface area (Å²) in [6, 6.07) is 0. The van der Waals surface area contributed by atoms with Crippen LogP contribution in [-0.2, 0) is 19.5 Å². The van der Waals surface area contributed by atoms with Gasteiger partial charge < -0.3 is 14.5 Å². The van der Waals surface area contributed by atoms with Crippen LogP contribution in [-0.4, -0.2) is 47.6 Å². The Bertz CT molecular complexity index is 746. The van der Waals surface area contributed by atoms with E-state index >= 15 is 0 Å². The summed E-state index contributed by atoms with van der Waals surface area (Å²) in [6.45, 7) is 6.70. The third-order valence-corrected chi connectivity index (χ3v) is 4.67. The molecule has 3 heterocycles. The van der Waals surface area contributed by atoms with Crippen molar-refractivity contribution in [2.75, 3.05) is 32.6 Å². The van der Waals surface area contributed by atoms with Crippen molar-refractivity contribution in [3.05, 3.63) is 40.6 Å². The van der Waals surface area contributed by atoms with E-state index in [9.17, 15) is 0 Å². The van der Waals surface area contributed by atoms with Crippen LogP contribution in [0.4, 0.5) is 5.82 Å². The maximum Gasteiger partial charge on any atom is 0.136 e. The van der Waals surface area contributed by atoms with Gasteiger partial charge in [-0.2, -0.15) is 0 Å². The lowest BCUT2D eigenvalue weighted by Gasteiger charge is -2.29. The minimum absolute atomic E-state index is 0.690. The molecule has 0 spiro atoms. The number of pyridine rings is 1. The zero-order valence-electron chi connectivity index (χ0n) is 15.1. The van der Waals surface area contributed by atoms with Gasteiger partial charge in [0.05, 0.1) is 25.0 Å². The second-order valence-electron chi connectivity index (χ2n) is 6.51. The molecule has 6 nitrogen and oxygen atoms in total. The monoisotopic (exact) mass is 327 g/mol. The van der Waals surface area contributed by atoms with Crippen molar-refractivity contribution < 1.29 is 4.74 Å². The molecular formula is C18H25N5O. The Labute approximate surface area is 143 Å². The molecule has 1 aliphatic rings. The molecule has 1 aliphatic heterocycles. The highest BCUT2D eigenvalue weighted by Crippen LogP contribution is 2.28. The molecule has 2 aromatic heterocycles. The molecular weight excluding hydrogens is 302 g/mol. The highest BCUT2D eigenvalue weighted by molar-refractivity contribution is 5.50. The third kappa shape index (κ3) is 3.06. The van der Waals surface area contributed by atoms with Crippen LogP contribution >= 0.6 is 0 Å². The van der Waals surface area contributed by atoms with E-state index in [0.29, 0.717) is 6.54 Å². The number of rotatable bonds is 4. The number of likely N-dealkylation sites (N-methyl/N-ethyl adjacent to an activating group) is 1. The Kier molecular flexibility index (Phi) is 4.66. The number of ether oxygens (including phenoxy) is 1. The molecule has 0 radical (unpaired) electrons. The Hall–Kier alpha value is -2.21. The first kappa shape index (κ1) is 16.6. The van der Waals surface area contributed by atoms with Crippen LogP contribution in [0.15, 0.2) is 12.5 Å². The fourth-order valence-electron chi connectivity index (χ4n) is 3.32. The summed E-state index contributed by atoms with van der Waals surface area (Å²) in [6.07, 6.45) is 4.52. The smallest absolute Gasteiger partial charge is 0.136 e. The van der Waals surface area contributed by atoms with Crippen LogP contribution in [0.2, 0.25) is 0 Å². The van der Waals surface area contributed by atoms with E-state index in [2.05, 4.69) is 45.8 Å². The van der Waals surface area contributed by atoms with Gasteiger partial charge in [0, 0.05) is 49.4 Å². The van der Waals surface area contributed by atoms with E-state index < -0.39 is 0 Å². The molecule has 0 fully saturated rings. The number of fused-ring (bicyclic) bond motifs is 1. The molecule has 6 heteroatoms. The second kappa shape index (κ2) is 6.73. The van der Waals surface area contributed by atoms with E-state index in [4.69, 9.17) is 4.74 Å². The van der Waals surface area contributed by atoms with Gasteiger partial charge in [-0.3, -0.25) is 4.98 Å². The summed E-state index contributed by atoms with van der Waals surface area (Å²) in [5.74, 6) is 1.91. The van der Waals surface area contributed by atoms with Gasteiger partial charge in [0.2, 0.25) is 0 Å². The SMILES string of the molecule is COc1c(C)cnc(CN(C)c2ncnc3c2CN(C)CC3)c1C. The molecule has 2 aromatic rings. The summed E-state index contributed by atoms with van der Waals surface area (Å²) < 4.78 is 5.52. The average molecular weight is 327 g/mol. The number of hydrogen-bond acceptors (Lipinski definition) is 6. The Morgan fingerprint density at radius 2 is 2.04 bits per heavy atom. The molecule has 0 saturated carbocycles. The number of aryl methyl sites for hydroxylation is 1. The normalized spacial score (nSPS) is 14.4. The Balaban J connectivity index is 1.90. The van der Waals surface area contributed by atoms with Crippen LogP contribution in [0.3, 0.4) is 0 Å². The molecule has 0 atom stereocenters. The molecule has 3 rings (SSSR count). The topological polar surface area (TPSA) is 54.4 Å². The van der Waals surface area contributed by atoms with Crippen molar-refractivity contribution in [2.24, 2.45) is 0 Å². The maximum atomic E-state index is 5.52. The standard InChI is InChI=1S/C18H25N5O/c1-12-8-19-16(13(2)17(12)24-5)10-23(4)18-14-9-22(3)7-6-15(14)20-11-21-18/h8,11H,6-7,9-10H2,1-5H3. The van der Waals surface area contributed by atoms with E-state index in [0.717, 1.165) is 53.6 Å². The molecule has 0 aliphatic carbocycles. The maximum absolute atomic E-state index is 5.52. The summed E-state index contributed by atoms with van der Waals surface area (Å²) in [4.78, 5) is 18.1. The zero-order chi connectivity index (χ0) is 17.3. The van der Waals surface area contributed by atoms with Crippen LogP contribution in [0.1, 0.15) is 28.1 Å². The third-order valence-electron chi connectivity index (χ3n) is 4.67. The number of aromatic nitrogens is 3. The van der Waals surface area contributed by atoms with Crippen molar-refractivity contribution in [3.8, 4) is 5.75 Å². The van der Waals surface area contributed by atoms with Gasteiger partial charge in [-0.25, -0.2) is 9.97 Å². The Morgan fingerprint density at radius 1 is 1.25 bits per heavy atom. The number of methoxy groups -OCH3 is 1. The van der Waals surface area contributed by atoms with Crippen LogP contribution < -0.4 is 9.64 Å². The summed E-state index contributed by atoms with van der Waals surface area (Å²) in [5, 5.41) is 0. The first-order chi connectivity index (χ1) is 11.5. The van der Waals surface area contributed by atoms with Gasteiger partial charge in [0.15, 0.2) is 0 Å². The molecule has 0 aromatic carbocycles. The summed E-state index contributed by atoms with van der Waals surface area (Å²) in [7, 11) is 5.90. The number of anilines is 1.